The first-order valence-corrected chi connectivity index (χ1v) is 8.92. The van der Waals surface area contributed by atoms with Crippen molar-refractivity contribution < 1.29 is 19.7 Å². The van der Waals surface area contributed by atoms with Gasteiger partial charge in [0.15, 0.2) is 5.88 Å². The zero-order chi connectivity index (χ0) is 18.5. The molecular weight excluding hydrogens is 332 g/mol. The van der Waals surface area contributed by atoms with Crippen LogP contribution in [0.3, 0.4) is 0 Å². The molecule has 2 aromatic rings. The summed E-state index contributed by atoms with van der Waals surface area (Å²) in [4.78, 5) is 0. The molecule has 26 heavy (non-hydrogen) atoms. The number of aliphatic hydroxyl groups is 1. The molecule has 0 radical (unpaired) electrons. The Balaban J connectivity index is 2.06. The smallest absolute Gasteiger partial charge is 0.199 e. The minimum atomic E-state index is 0.00274. The third-order valence-corrected chi connectivity index (χ3v) is 4.81. The number of aromatic hydroxyl groups is 1. The van der Waals surface area contributed by atoms with Crippen LogP contribution in [-0.2, 0) is 24.0 Å². The number of hydrogen-bond acceptors (Lipinski definition) is 5. The highest BCUT2D eigenvalue weighted by Gasteiger charge is 2.25. The molecule has 0 bridgehead atoms. The summed E-state index contributed by atoms with van der Waals surface area (Å²) in [5, 5.41) is 29.5. The van der Waals surface area contributed by atoms with E-state index in [0.717, 1.165) is 48.2 Å². The molecule has 0 spiro atoms. The predicted molar refractivity (Wildman–Crippen MR) is 97.0 cm³/mol. The third-order valence-electron chi connectivity index (χ3n) is 4.81. The van der Waals surface area contributed by atoms with E-state index in [1.807, 2.05) is 10.6 Å². The van der Waals surface area contributed by atoms with Gasteiger partial charge in [0.2, 0.25) is 0 Å². The summed E-state index contributed by atoms with van der Waals surface area (Å²) in [7, 11) is 1.60. The maximum Gasteiger partial charge on any atom is 0.199 e. The molecule has 3 rings (SSSR count). The monoisotopic (exact) mass is 356 g/mol. The van der Waals surface area contributed by atoms with E-state index in [9.17, 15) is 15.5 Å². The highest BCUT2D eigenvalue weighted by atomic mass is 16.5. The van der Waals surface area contributed by atoms with Crippen LogP contribution in [-0.4, -0.2) is 41.7 Å². The highest BCUT2D eigenvalue weighted by molar-refractivity contribution is 5.56. The second kappa shape index (κ2) is 8.26. The molecule has 0 saturated carbocycles. The van der Waals surface area contributed by atoms with Gasteiger partial charge in [-0.05, 0) is 43.4 Å². The number of ether oxygens (including phenoxy) is 2. The molecule has 1 heterocycles. The molecule has 1 aliphatic rings. The van der Waals surface area contributed by atoms with Crippen LogP contribution in [0.5, 0.6) is 11.6 Å². The van der Waals surface area contributed by atoms with Gasteiger partial charge in [-0.3, -0.25) is 4.57 Å². The van der Waals surface area contributed by atoms with Crippen LogP contribution in [0.2, 0.25) is 0 Å². The number of hydrogen-bond donors (Lipinski definition) is 2. The Kier molecular flexibility index (Phi) is 5.82. The average molecular weight is 356 g/mol. The van der Waals surface area contributed by atoms with Crippen LogP contribution < -0.4 is 4.74 Å². The van der Waals surface area contributed by atoms with Crippen LogP contribution in [0.25, 0.3) is 5.69 Å². The second-order valence-electron chi connectivity index (χ2n) is 6.38. The molecule has 1 aliphatic carbocycles. The van der Waals surface area contributed by atoms with Gasteiger partial charge in [-0.15, -0.1) is 0 Å². The molecule has 0 atom stereocenters. The maximum atomic E-state index is 10.8. The number of rotatable bonds is 7. The van der Waals surface area contributed by atoms with Crippen molar-refractivity contribution in [2.24, 2.45) is 0 Å². The van der Waals surface area contributed by atoms with E-state index in [0.29, 0.717) is 30.9 Å². The van der Waals surface area contributed by atoms with E-state index in [2.05, 4.69) is 6.07 Å². The number of benzene rings is 1. The number of nitriles is 1. The number of methoxy groups -OCH3 is 1. The van der Waals surface area contributed by atoms with Crippen molar-refractivity contribution in [1.82, 2.24) is 4.57 Å². The first kappa shape index (κ1) is 18.3. The maximum absolute atomic E-state index is 10.8. The lowest BCUT2D eigenvalue weighted by molar-refractivity contribution is 0.146. The van der Waals surface area contributed by atoms with E-state index in [4.69, 9.17) is 9.47 Å². The minimum absolute atomic E-state index is 0.00274. The lowest BCUT2D eigenvalue weighted by atomic mass is 9.94. The summed E-state index contributed by atoms with van der Waals surface area (Å²) < 4.78 is 12.5. The molecule has 2 N–H and O–H groups in total. The van der Waals surface area contributed by atoms with Gasteiger partial charge in [0.1, 0.15) is 18.4 Å². The molecule has 0 fully saturated rings. The van der Waals surface area contributed by atoms with Gasteiger partial charge in [0.05, 0.1) is 17.9 Å². The van der Waals surface area contributed by atoms with Crippen LogP contribution in [0, 0.1) is 11.3 Å². The van der Waals surface area contributed by atoms with Crippen LogP contribution in [0.15, 0.2) is 18.2 Å². The average Bonchev–Trinajstić information content (AvgIpc) is 2.94. The van der Waals surface area contributed by atoms with Gasteiger partial charge < -0.3 is 19.7 Å². The molecule has 1 aromatic heterocycles. The van der Waals surface area contributed by atoms with Crippen molar-refractivity contribution in [3.05, 3.63) is 40.6 Å². The van der Waals surface area contributed by atoms with Crippen molar-refractivity contribution in [3.8, 4) is 23.4 Å². The fourth-order valence-corrected chi connectivity index (χ4v) is 3.61. The zero-order valence-electron chi connectivity index (χ0n) is 15.0. The van der Waals surface area contributed by atoms with E-state index >= 15 is 0 Å². The van der Waals surface area contributed by atoms with Crippen LogP contribution in [0.4, 0.5) is 0 Å². The van der Waals surface area contributed by atoms with Gasteiger partial charge in [0.25, 0.3) is 0 Å². The Morgan fingerprint density at radius 2 is 2.04 bits per heavy atom. The van der Waals surface area contributed by atoms with Crippen molar-refractivity contribution in [2.45, 2.75) is 32.1 Å². The highest BCUT2D eigenvalue weighted by Crippen LogP contribution is 2.38. The van der Waals surface area contributed by atoms with Gasteiger partial charge in [-0.2, -0.15) is 5.26 Å². The summed E-state index contributed by atoms with van der Waals surface area (Å²) in [5.41, 5.74) is 4.27. The normalized spacial score (nSPS) is 13.3. The van der Waals surface area contributed by atoms with Gasteiger partial charge in [0, 0.05) is 37.5 Å². The second-order valence-corrected chi connectivity index (χ2v) is 6.38. The summed E-state index contributed by atoms with van der Waals surface area (Å²) in [6.07, 6.45) is 4.40. The standard InChI is InChI=1S/C20H24N2O4/c1-25-10-11-26-19-12-15(7-6-14(19)13-21)22-18-5-3-2-4-16(18)17(8-9-23)20(22)24/h6-7,12,23-24H,2-5,8-11H2,1H3. The summed E-state index contributed by atoms with van der Waals surface area (Å²) >= 11 is 0. The number of nitrogens with zero attached hydrogens (tertiary/aromatic N) is 2. The Labute approximate surface area is 153 Å². The van der Waals surface area contributed by atoms with Crippen molar-refractivity contribution in [3.63, 3.8) is 0 Å². The fraction of sp³-hybridized carbons (Fsp3) is 0.450. The Morgan fingerprint density at radius 1 is 1.23 bits per heavy atom. The quantitative estimate of drug-likeness (QED) is 0.744. The molecule has 6 heteroatoms. The third kappa shape index (κ3) is 3.41. The molecule has 6 nitrogen and oxygen atoms in total. The Bertz CT molecular complexity index is 820. The van der Waals surface area contributed by atoms with Gasteiger partial charge >= 0.3 is 0 Å². The number of fused-ring (bicyclic) bond motifs is 1. The molecule has 0 unspecified atom stereocenters. The largest absolute Gasteiger partial charge is 0.494 e. The summed E-state index contributed by atoms with van der Waals surface area (Å²) in [6.45, 7) is 0.781. The Hall–Kier alpha value is -2.49. The van der Waals surface area contributed by atoms with E-state index in [-0.39, 0.29) is 12.5 Å². The lowest BCUT2D eigenvalue weighted by Gasteiger charge is -2.17. The summed E-state index contributed by atoms with van der Waals surface area (Å²) in [6, 6.07) is 7.44. The molecule has 1 aromatic carbocycles. The molecule has 0 amide bonds. The van der Waals surface area contributed by atoms with Crippen molar-refractivity contribution in [2.75, 3.05) is 26.9 Å². The molecular formula is C20H24N2O4. The SMILES string of the molecule is COCCOc1cc(-n2c(O)c(CCO)c3c2CCCC3)ccc1C#N. The molecule has 0 aliphatic heterocycles. The first-order chi connectivity index (χ1) is 12.7. The first-order valence-electron chi connectivity index (χ1n) is 8.92. The van der Waals surface area contributed by atoms with Crippen molar-refractivity contribution >= 4 is 0 Å². The topological polar surface area (TPSA) is 87.6 Å². The molecule has 0 saturated heterocycles. The lowest BCUT2D eigenvalue weighted by Crippen LogP contribution is -2.09. The Morgan fingerprint density at radius 3 is 2.77 bits per heavy atom. The fourth-order valence-electron chi connectivity index (χ4n) is 3.61. The summed E-state index contributed by atoms with van der Waals surface area (Å²) in [5.74, 6) is 0.655. The zero-order valence-corrected chi connectivity index (χ0v) is 15.0. The number of aromatic nitrogens is 1. The van der Waals surface area contributed by atoms with Crippen LogP contribution in [0.1, 0.15) is 35.2 Å². The van der Waals surface area contributed by atoms with E-state index < -0.39 is 0 Å². The number of aliphatic hydroxyl groups excluding tert-OH is 1. The van der Waals surface area contributed by atoms with Crippen molar-refractivity contribution in [1.29, 1.82) is 5.26 Å². The molecule has 138 valence electrons. The minimum Gasteiger partial charge on any atom is -0.494 e. The predicted octanol–water partition coefficient (Wildman–Crippen LogP) is 2.49. The van der Waals surface area contributed by atoms with E-state index in [1.54, 1.807) is 19.2 Å². The van der Waals surface area contributed by atoms with Crippen LogP contribution >= 0.6 is 0 Å². The van der Waals surface area contributed by atoms with Gasteiger partial charge in [-0.25, -0.2) is 0 Å². The van der Waals surface area contributed by atoms with Gasteiger partial charge in [-0.1, -0.05) is 0 Å². The van der Waals surface area contributed by atoms with E-state index in [1.165, 1.54) is 0 Å².